The van der Waals surface area contributed by atoms with Crippen molar-refractivity contribution in [2.75, 3.05) is 6.61 Å². The molecule has 3 rings (SSSR count). The average molecular weight is 406 g/mol. The monoisotopic (exact) mass is 406 g/mol. The minimum absolute atomic E-state index is 0.0553. The predicted molar refractivity (Wildman–Crippen MR) is 113 cm³/mol. The van der Waals surface area contributed by atoms with Crippen molar-refractivity contribution in [2.24, 2.45) is 5.10 Å². The number of carbonyl (C=O) groups is 1. The fraction of sp³-hybridized carbons (Fsp3) is 0.130. The lowest BCUT2D eigenvalue weighted by Gasteiger charge is -2.08. The highest BCUT2D eigenvalue weighted by molar-refractivity contribution is 5.95. The smallest absolute Gasteiger partial charge is 0.271 e. The lowest BCUT2D eigenvalue weighted by Crippen LogP contribution is -2.17. The molecule has 154 valence electrons. The van der Waals surface area contributed by atoms with E-state index in [2.05, 4.69) is 10.5 Å². The van der Waals surface area contributed by atoms with Crippen LogP contribution >= 0.6 is 0 Å². The number of nitrogens with zero attached hydrogens (tertiary/aromatic N) is 1. The summed E-state index contributed by atoms with van der Waals surface area (Å²) in [6.07, 6.45) is 1.30. The van der Waals surface area contributed by atoms with Crippen molar-refractivity contribution in [1.82, 2.24) is 5.43 Å². The molecule has 1 amide bonds. The molecule has 3 N–H and O–H groups in total. The Bertz CT molecular complexity index is 1010. The van der Waals surface area contributed by atoms with Crippen LogP contribution in [0.4, 0.5) is 0 Å². The van der Waals surface area contributed by atoms with E-state index in [1.807, 2.05) is 31.2 Å². The first kappa shape index (κ1) is 20.7. The van der Waals surface area contributed by atoms with Gasteiger partial charge in [0.05, 0.1) is 12.8 Å². The zero-order chi connectivity index (χ0) is 21.3. The van der Waals surface area contributed by atoms with Crippen molar-refractivity contribution in [3.8, 4) is 23.0 Å². The summed E-state index contributed by atoms with van der Waals surface area (Å²) in [4.78, 5) is 12.2. The van der Waals surface area contributed by atoms with Gasteiger partial charge in [0.1, 0.15) is 29.6 Å². The Morgan fingerprint density at radius 3 is 2.27 bits per heavy atom. The molecular formula is C23H22N2O5. The molecule has 0 atom stereocenters. The van der Waals surface area contributed by atoms with E-state index in [-0.39, 0.29) is 17.4 Å². The van der Waals surface area contributed by atoms with Gasteiger partial charge in [0.2, 0.25) is 0 Å². The van der Waals surface area contributed by atoms with Crippen LogP contribution in [0.3, 0.4) is 0 Å². The number of hydrogen-bond acceptors (Lipinski definition) is 6. The molecule has 0 aliphatic heterocycles. The Labute approximate surface area is 174 Å². The van der Waals surface area contributed by atoms with Crippen LogP contribution in [-0.4, -0.2) is 28.9 Å². The number of rotatable bonds is 8. The predicted octanol–water partition coefficient (Wildman–Crippen LogP) is 3.84. The molecular weight excluding hydrogens is 384 g/mol. The van der Waals surface area contributed by atoms with Crippen molar-refractivity contribution in [3.05, 3.63) is 83.4 Å². The van der Waals surface area contributed by atoms with Gasteiger partial charge in [-0.1, -0.05) is 12.1 Å². The average Bonchev–Trinajstić information content (AvgIpc) is 2.75. The van der Waals surface area contributed by atoms with Crippen LogP contribution in [0, 0.1) is 0 Å². The maximum absolute atomic E-state index is 12.2. The number of hydrogen-bond donors (Lipinski definition) is 3. The second-order valence-electron chi connectivity index (χ2n) is 6.33. The molecule has 0 saturated heterocycles. The summed E-state index contributed by atoms with van der Waals surface area (Å²) in [5.41, 5.74) is 4.12. The maximum Gasteiger partial charge on any atom is 0.271 e. The molecule has 0 aliphatic carbocycles. The molecule has 0 fully saturated rings. The summed E-state index contributed by atoms with van der Waals surface area (Å²) in [7, 11) is 0. The topological polar surface area (TPSA) is 100 Å². The van der Waals surface area contributed by atoms with Gasteiger partial charge < -0.3 is 19.7 Å². The molecule has 3 aromatic carbocycles. The van der Waals surface area contributed by atoms with Gasteiger partial charge in [-0.2, -0.15) is 5.10 Å². The first-order valence-electron chi connectivity index (χ1n) is 9.35. The van der Waals surface area contributed by atoms with Gasteiger partial charge >= 0.3 is 0 Å². The molecule has 0 heterocycles. The zero-order valence-electron chi connectivity index (χ0n) is 16.4. The molecule has 3 aromatic rings. The molecule has 0 spiro atoms. The van der Waals surface area contributed by atoms with Crippen LogP contribution in [0.15, 0.2) is 71.8 Å². The first-order valence-corrected chi connectivity index (χ1v) is 9.35. The Hall–Kier alpha value is -4.00. The summed E-state index contributed by atoms with van der Waals surface area (Å²) < 4.78 is 11.1. The van der Waals surface area contributed by atoms with E-state index >= 15 is 0 Å². The fourth-order valence-electron chi connectivity index (χ4n) is 2.58. The highest BCUT2D eigenvalue weighted by atomic mass is 16.5. The highest BCUT2D eigenvalue weighted by Crippen LogP contribution is 2.21. The van der Waals surface area contributed by atoms with E-state index in [0.717, 1.165) is 17.1 Å². The standard InChI is InChI=1S/C23H22N2O5/c1-2-29-20-9-11-21(12-10-20)30-15-16-3-5-17(6-4-16)23(28)25-24-14-18-7-8-19(26)13-22(18)27/h3-14,26-27H,2,15H2,1H3,(H,25,28)/b24-14+. The number of phenols is 2. The zero-order valence-corrected chi connectivity index (χ0v) is 16.4. The Balaban J connectivity index is 1.51. The van der Waals surface area contributed by atoms with Gasteiger partial charge in [-0.15, -0.1) is 0 Å². The Morgan fingerprint density at radius 1 is 0.967 bits per heavy atom. The Kier molecular flexibility index (Phi) is 6.89. The molecule has 30 heavy (non-hydrogen) atoms. The van der Waals surface area contributed by atoms with Crippen molar-refractivity contribution in [1.29, 1.82) is 0 Å². The number of ether oxygens (including phenoxy) is 2. The van der Waals surface area contributed by atoms with Gasteiger partial charge in [-0.05, 0) is 61.0 Å². The normalized spacial score (nSPS) is 10.7. The van der Waals surface area contributed by atoms with Crippen LogP contribution in [0.25, 0.3) is 0 Å². The summed E-state index contributed by atoms with van der Waals surface area (Å²) >= 11 is 0. The number of benzene rings is 3. The number of hydrazone groups is 1. The third-order valence-electron chi connectivity index (χ3n) is 4.14. The van der Waals surface area contributed by atoms with E-state index in [9.17, 15) is 15.0 Å². The number of aromatic hydroxyl groups is 2. The summed E-state index contributed by atoms with van der Waals surface area (Å²) in [6.45, 7) is 2.92. The number of phenolic OH excluding ortho intramolecular Hbond substituents is 2. The molecule has 0 aromatic heterocycles. The van der Waals surface area contributed by atoms with Crippen LogP contribution in [0.5, 0.6) is 23.0 Å². The molecule has 0 bridgehead atoms. The third-order valence-corrected chi connectivity index (χ3v) is 4.14. The van der Waals surface area contributed by atoms with Crippen LogP contribution in [-0.2, 0) is 6.61 Å². The summed E-state index contributed by atoms with van der Waals surface area (Å²) in [5.74, 6) is 0.948. The van der Waals surface area contributed by atoms with Gasteiger partial charge in [0, 0.05) is 17.2 Å². The maximum atomic E-state index is 12.2. The quantitative estimate of drug-likeness (QED) is 0.390. The molecule has 7 nitrogen and oxygen atoms in total. The molecule has 0 saturated carbocycles. The van der Waals surface area contributed by atoms with E-state index in [1.165, 1.54) is 24.4 Å². The number of nitrogens with one attached hydrogen (secondary N) is 1. The van der Waals surface area contributed by atoms with Gasteiger partial charge in [0.25, 0.3) is 5.91 Å². The molecule has 0 radical (unpaired) electrons. The van der Waals surface area contributed by atoms with E-state index in [1.54, 1.807) is 24.3 Å². The lowest BCUT2D eigenvalue weighted by molar-refractivity contribution is 0.0955. The minimum atomic E-state index is -0.386. The summed E-state index contributed by atoms with van der Waals surface area (Å²) in [5, 5.41) is 22.8. The second-order valence-corrected chi connectivity index (χ2v) is 6.33. The van der Waals surface area contributed by atoms with E-state index < -0.39 is 0 Å². The Morgan fingerprint density at radius 2 is 1.63 bits per heavy atom. The van der Waals surface area contributed by atoms with Crippen LogP contribution in [0.1, 0.15) is 28.4 Å². The lowest BCUT2D eigenvalue weighted by atomic mass is 10.1. The minimum Gasteiger partial charge on any atom is -0.508 e. The SMILES string of the molecule is CCOc1ccc(OCc2ccc(C(=O)N/N=C/c3ccc(O)cc3O)cc2)cc1. The number of amides is 1. The van der Waals surface area contributed by atoms with Gasteiger partial charge in [-0.25, -0.2) is 5.43 Å². The number of carbonyl (C=O) groups excluding carboxylic acids is 1. The van der Waals surface area contributed by atoms with Crippen molar-refractivity contribution < 1.29 is 24.5 Å². The third kappa shape index (κ3) is 5.75. The largest absolute Gasteiger partial charge is 0.508 e. The first-order chi connectivity index (χ1) is 14.5. The molecule has 7 heteroatoms. The molecule has 0 aliphatic rings. The van der Waals surface area contributed by atoms with Crippen molar-refractivity contribution in [2.45, 2.75) is 13.5 Å². The van der Waals surface area contributed by atoms with Crippen LogP contribution < -0.4 is 14.9 Å². The van der Waals surface area contributed by atoms with Crippen molar-refractivity contribution in [3.63, 3.8) is 0 Å². The fourth-order valence-corrected chi connectivity index (χ4v) is 2.58. The van der Waals surface area contributed by atoms with Crippen LogP contribution in [0.2, 0.25) is 0 Å². The van der Waals surface area contributed by atoms with Crippen molar-refractivity contribution >= 4 is 12.1 Å². The molecule has 0 unspecified atom stereocenters. The van der Waals surface area contributed by atoms with E-state index in [4.69, 9.17) is 9.47 Å². The second kappa shape index (κ2) is 9.97. The van der Waals surface area contributed by atoms with Gasteiger partial charge in [-0.3, -0.25) is 4.79 Å². The highest BCUT2D eigenvalue weighted by Gasteiger charge is 2.05. The van der Waals surface area contributed by atoms with E-state index in [0.29, 0.717) is 24.3 Å². The summed E-state index contributed by atoms with van der Waals surface area (Å²) in [6, 6.07) is 18.5. The van der Waals surface area contributed by atoms with Gasteiger partial charge in [0.15, 0.2) is 0 Å².